The molecule has 1 aromatic carbocycles. The minimum Gasteiger partial charge on any atom is -0.477 e. The fourth-order valence-corrected chi connectivity index (χ4v) is 3.63. The maximum Gasteiger partial charge on any atom is 0.274 e. The smallest absolute Gasteiger partial charge is 0.274 e. The third-order valence-corrected chi connectivity index (χ3v) is 5.14. The first-order valence-electron chi connectivity index (χ1n) is 9.45. The van der Waals surface area contributed by atoms with Gasteiger partial charge >= 0.3 is 0 Å². The van der Waals surface area contributed by atoms with Gasteiger partial charge in [-0.3, -0.25) is 9.78 Å². The standard InChI is InChI=1S/C22H23N3O2/c1-15-5-4-11-23-20(15)21(26)25-18-8-9-19-17(13-18)10-12-24-22(19)27-14-16-6-2-3-7-16/h4-5,8-13,16H,2-3,6-7,14H2,1H3,(H,25,26). The molecule has 2 aromatic heterocycles. The molecule has 1 N–H and O–H groups in total. The summed E-state index contributed by atoms with van der Waals surface area (Å²) >= 11 is 0. The summed E-state index contributed by atoms with van der Waals surface area (Å²) in [5, 5.41) is 4.87. The number of carbonyl (C=O) groups is 1. The van der Waals surface area contributed by atoms with Gasteiger partial charge in [0, 0.05) is 23.5 Å². The predicted octanol–water partition coefficient (Wildman–Crippen LogP) is 4.76. The summed E-state index contributed by atoms with van der Waals surface area (Å²) in [5.74, 6) is 1.10. The summed E-state index contributed by atoms with van der Waals surface area (Å²) in [7, 11) is 0. The van der Waals surface area contributed by atoms with Crippen LogP contribution in [0.15, 0.2) is 48.8 Å². The topological polar surface area (TPSA) is 64.1 Å². The lowest BCUT2D eigenvalue weighted by Gasteiger charge is -2.13. The molecule has 4 rings (SSSR count). The summed E-state index contributed by atoms with van der Waals surface area (Å²) in [6, 6.07) is 11.4. The SMILES string of the molecule is Cc1cccnc1C(=O)Nc1ccc2c(OCC3CCCC3)nccc2c1. The Bertz CT molecular complexity index is 965. The number of pyridine rings is 2. The Morgan fingerprint density at radius 1 is 1.15 bits per heavy atom. The average Bonchev–Trinajstić information content (AvgIpc) is 3.20. The van der Waals surface area contributed by atoms with E-state index in [0.717, 1.165) is 28.6 Å². The monoisotopic (exact) mass is 361 g/mol. The minimum absolute atomic E-state index is 0.209. The summed E-state index contributed by atoms with van der Waals surface area (Å²) in [4.78, 5) is 21.0. The van der Waals surface area contributed by atoms with Crippen molar-refractivity contribution < 1.29 is 9.53 Å². The first kappa shape index (κ1) is 17.5. The van der Waals surface area contributed by atoms with Crippen molar-refractivity contribution in [3.63, 3.8) is 0 Å². The van der Waals surface area contributed by atoms with Crippen molar-refractivity contribution in [2.24, 2.45) is 5.92 Å². The third-order valence-electron chi connectivity index (χ3n) is 5.14. The second kappa shape index (κ2) is 7.74. The Morgan fingerprint density at radius 3 is 2.81 bits per heavy atom. The van der Waals surface area contributed by atoms with Crippen molar-refractivity contribution in [2.75, 3.05) is 11.9 Å². The van der Waals surface area contributed by atoms with E-state index in [2.05, 4.69) is 15.3 Å². The van der Waals surface area contributed by atoms with Gasteiger partial charge in [-0.15, -0.1) is 0 Å². The highest BCUT2D eigenvalue weighted by Gasteiger charge is 2.17. The summed E-state index contributed by atoms with van der Waals surface area (Å²) in [6.45, 7) is 2.60. The lowest BCUT2D eigenvalue weighted by atomic mass is 10.1. The number of aryl methyl sites for hydroxylation is 1. The molecule has 5 heteroatoms. The van der Waals surface area contributed by atoms with Gasteiger partial charge in [-0.25, -0.2) is 4.98 Å². The zero-order valence-electron chi connectivity index (χ0n) is 15.4. The lowest BCUT2D eigenvalue weighted by molar-refractivity contribution is 0.102. The van der Waals surface area contributed by atoms with Gasteiger partial charge in [-0.05, 0) is 67.0 Å². The van der Waals surface area contributed by atoms with Crippen molar-refractivity contribution in [1.82, 2.24) is 9.97 Å². The number of hydrogen-bond donors (Lipinski definition) is 1. The molecule has 1 aliphatic rings. The van der Waals surface area contributed by atoms with Crippen LogP contribution in [0.2, 0.25) is 0 Å². The van der Waals surface area contributed by atoms with Gasteiger partial charge in [0.2, 0.25) is 5.88 Å². The number of benzene rings is 1. The Labute approximate surface area is 158 Å². The van der Waals surface area contributed by atoms with E-state index in [1.807, 2.05) is 43.3 Å². The number of nitrogens with one attached hydrogen (secondary N) is 1. The van der Waals surface area contributed by atoms with E-state index in [4.69, 9.17) is 4.74 Å². The summed E-state index contributed by atoms with van der Waals surface area (Å²) in [6.07, 6.45) is 8.47. The van der Waals surface area contributed by atoms with Crippen molar-refractivity contribution in [3.05, 3.63) is 60.0 Å². The Hall–Kier alpha value is -2.95. The fourth-order valence-electron chi connectivity index (χ4n) is 3.63. The van der Waals surface area contributed by atoms with Gasteiger partial charge in [0.1, 0.15) is 5.69 Å². The number of ether oxygens (including phenoxy) is 1. The fraction of sp³-hybridized carbons (Fsp3) is 0.318. The normalized spacial score (nSPS) is 14.4. The van der Waals surface area contributed by atoms with Crippen LogP contribution in [-0.4, -0.2) is 22.5 Å². The number of aromatic nitrogens is 2. The average molecular weight is 361 g/mol. The van der Waals surface area contributed by atoms with Gasteiger partial charge in [0.15, 0.2) is 0 Å². The van der Waals surface area contributed by atoms with Gasteiger partial charge in [-0.2, -0.15) is 0 Å². The van der Waals surface area contributed by atoms with Gasteiger partial charge in [0.25, 0.3) is 5.91 Å². The van der Waals surface area contributed by atoms with E-state index in [1.54, 1.807) is 12.4 Å². The predicted molar refractivity (Wildman–Crippen MR) is 106 cm³/mol. The van der Waals surface area contributed by atoms with Crippen LogP contribution in [0.1, 0.15) is 41.7 Å². The van der Waals surface area contributed by atoms with Gasteiger partial charge < -0.3 is 10.1 Å². The number of hydrogen-bond acceptors (Lipinski definition) is 4. The highest BCUT2D eigenvalue weighted by atomic mass is 16.5. The van der Waals surface area contributed by atoms with E-state index >= 15 is 0 Å². The van der Waals surface area contributed by atoms with E-state index in [9.17, 15) is 4.79 Å². The molecule has 1 saturated carbocycles. The highest BCUT2D eigenvalue weighted by molar-refractivity contribution is 6.05. The first-order valence-corrected chi connectivity index (χ1v) is 9.45. The maximum atomic E-state index is 12.5. The number of fused-ring (bicyclic) bond motifs is 1. The van der Waals surface area contributed by atoms with Crippen LogP contribution in [0.5, 0.6) is 5.88 Å². The second-order valence-corrected chi connectivity index (χ2v) is 7.14. The number of amides is 1. The molecule has 138 valence electrons. The quantitative estimate of drug-likeness (QED) is 0.712. The minimum atomic E-state index is -0.209. The van der Waals surface area contributed by atoms with Gasteiger partial charge in [-0.1, -0.05) is 18.9 Å². The lowest BCUT2D eigenvalue weighted by Crippen LogP contribution is -2.15. The summed E-state index contributed by atoms with van der Waals surface area (Å²) in [5.41, 5.74) is 2.01. The zero-order chi connectivity index (χ0) is 18.6. The van der Waals surface area contributed by atoms with E-state index in [1.165, 1.54) is 25.7 Å². The van der Waals surface area contributed by atoms with Crippen LogP contribution in [0.4, 0.5) is 5.69 Å². The summed E-state index contributed by atoms with van der Waals surface area (Å²) < 4.78 is 6.00. The number of nitrogens with zero attached hydrogens (tertiary/aromatic N) is 2. The molecular formula is C22H23N3O2. The van der Waals surface area contributed by atoms with Gasteiger partial charge in [0.05, 0.1) is 6.61 Å². The second-order valence-electron chi connectivity index (χ2n) is 7.14. The van der Waals surface area contributed by atoms with E-state index in [0.29, 0.717) is 17.5 Å². The molecule has 0 aliphatic heterocycles. The molecule has 0 atom stereocenters. The van der Waals surface area contributed by atoms with Crippen LogP contribution in [-0.2, 0) is 0 Å². The van der Waals surface area contributed by atoms with Crippen molar-refractivity contribution >= 4 is 22.4 Å². The zero-order valence-corrected chi connectivity index (χ0v) is 15.4. The van der Waals surface area contributed by atoms with Crippen LogP contribution < -0.4 is 10.1 Å². The maximum absolute atomic E-state index is 12.5. The molecule has 0 spiro atoms. The molecular weight excluding hydrogens is 338 g/mol. The molecule has 0 radical (unpaired) electrons. The van der Waals surface area contributed by atoms with Crippen LogP contribution >= 0.6 is 0 Å². The third kappa shape index (κ3) is 3.92. The van der Waals surface area contributed by atoms with Crippen LogP contribution in [0.25, 0.3) is 10.8 Å². The molecule has 1 amide bonds. The molecule has 0 unspecified atom stereocenters. The molecule has 27 heavy (non-hydrogen) atoms. The molecule has 0 saturated heterocycles. The van der Waals surface area contributed by atoms with Crippen molar-refractivity contribution in [2.45, 2.75) is 32.6 Å². The largest absolute Gasteiger partial charge is 0.477 e. The number of rotatable bonds is 5. The van der Waals surface area contributed by atoms with Crippen LogP contribution in [0, 0.1) is 12.8 Å². The Balaban J connectivity index is 1.52. The molecule has 2 heterocycles. The number of carbonyl (C=O) groups excluding carboxylic acids is 1. The first-order chi connectivity index (χ1) is 13.2. The molecule has 5 nitrogen and oxygen atoms in total. The van der Waals surface area contributed by atoms with Crippen molar-refractivity contribution in [3.8, 4) is 5.88 Å². The highest BCUT2D eigenvalue weighted by Crippen LogP contribution is 2.29. The Kier molecular flexibility index (Phi) is 5.01. The molecule has 1 fully saturated rings. The van der Waals surface area contributed by atoms with Crippen LogP contribution in [0.3, 0.4) is 0 Å². The Morgan fingerprint density at radius 2 is 2.00 bits per heavy atom. The van der Waals surface area contributed by atoms with Crippen molar-refractivity contribution in [1.29, 1.82) is 0 Å². The molecule has 3 aromatic rings. The number of anilines is 1. The van der Waals surface area contributed by atoms with E-state index in [-0.39, 0.29) is 5.91 Å². The molecule has 1 aliphatic carbocycles. The van der Waals surface area contributed by atoms with E-state index < -0.39 is 0 Å². The molecule has 0 bridgehead atoms.